The molecule has 0 spiro atoms. The van der Waals surface area contributed by atoms with Gasteiger partial charge in [-0.05, 0) is 69.1 Å². The first kappa shape index (κ1) is 26.1. The Balaban J connectivity index is 1.30. The van der Waals surface area contributed by atoms with E-state index < -0.39 is 63.6 Å². The number of esters is 2. The van der Waals surface area contributed by atoms with Gasteiger partial charge in [0, 0.05) is 5.41 Å². The summed E-state index contributed by atoms with van der Waals surface area (Å²) < 4.78 is 113. The molecule has 0 aromatic carbocycles. The first-order chi connectivity index (χ1) is 16.6. The molecule has 4 aliphatic carbocycles. The zero-order valence-electron chi connectivity index (χ0n) is 19.1. The van der Waals surface area contributed by atoms with Crippen LogP contribution in [-0.4, -0.2) is 61.3 Å². The van der Waals surface area contributed by atoms with Gasteiger partial charge in [0.1, 0.15) is 0 Å². The molecule has 0 amide bonds. The summed E-state index contributed by atoms with van der Waals surface area (Å²) in [5.41, 5.74) is -0.169. The molecule has 0 radical (unpaired) electrons. The van der Waals surface area contributed by atoms with Gasteiger partial charge in [-0.25, -0.2) is 0 Å². The van der Waals surface area contributed by atoms with Gasteiger partial charge in [0.25, 0.3) is 6.10 Å². The Hall–Kier alpha value is -1.54. The molecule has 8 nitrogen and oxygen atoms in total. The monoisotopic (exact) mass is 546 g/mol. The fourth-order valence-corrected chi connectivity index (χ4v) is 8.17. The average Bonchev–Trinajstić information content (AvgIpc) is 3.35. The molecule has 36 heavy (non-hydrogen) atoms. The average molecular weight is 547 g/mol. The summed E-state index contributed by atoms with van der Waals surface area (Å²) in [5, 5.41) is -5.85. The second-order valence-corrected chi connectivity index (χ2v) is 12.8. The van der Waals surface area contributed by atoms with Crippen molar-refractivity contribution in [2.24, 2.45) is 35.0 Å². The fourth-order valence-electron chi connectivity index (χ4n) is 7.72. The van der Waals surface area contributed by atoms with Crippen LogP contribution in [0.25, 0.3) is 0 Å². The van der Waals surface area contributed by atoms with E-state index in [0.29, 0.717) is 24.2 Å². The number of hydrogen-bond acceptors (Lipinski definition) is 7. The Morgan fingerprint density at radius 1 is 0.917 bits per heavy atom. The quantitative estimate of drug-likeness (QED) is 0.293. The third-order valence-electron chi connectivity index (χ3n) is 8.68. The number of alkyl halides is 5. The van der Waals surface area contributed by atoms with Crippen molar-refractivity contribution in [3.8, 4) is 0 Å². The van der Waals surface area contributed by atoms with Crippen LogP contribution < -0.4 is 0 Å². The number of rotatable bonds is 7. The molecular formula is C22H27F5O8S. The summed E-state index contributed by atoms with van der Waals surface area (Å²) in [4.78, 5) is 25.8. The minimum Gasteiger partial charge on any atom is -0.465 e. The normalized spacial score (nSPS) is 40.3. The van der Waals surface area contributed by atoms with Gasteiger partial charge in [0.2, 0.25) is 0 Å². The SMILES string of the molecule is O=C(OCC12CC3CC(CC(C3)C1)C2)C1C2CCC(O2)C1C(=O)OC(C(F)(F)F)C(F)(F)S(=O)(=O)O. The molecule has 0 aromatic rings. The van der Waals surface area contributed by atoms with Crippen LogP contribution in [0.2, 0.25) is 0 Å². The third kappa shape index (κ3) is 4.40. The highest BCUT2D eigenvalue weighted by Crippen LogP contribution is 2.60. The highest BCUT2D eigenvalue weighted by molar-refractivity contribution is 7.86. The van der Waals surface area contributed by atoms with Crippen molar-refractivity contribution in [2.75, 3.05) is 6.61 Å². The summed E-state index contributed by atoms with van der Waals surface area (Å²) in [6.07, 6.45) is -5.67. The summed E-state index contributed by atoms with van der Waals surface area (Å²) in [5.74, 6) is -4.03. The van der Waals surface area contributed by atoms with Crippen LogP contribution in [0, 0.1) is 35.0 Å². The maximum absolute atomic E-state index is 13.9. The van der Waals surface area contributed by atoms with E-state index in [1.165, 1.54) is 0 Å². The topological polar surface area (TPSA) is 116 Å². The molecule has 0 aromatic heterocycles. The van der Waals surface area contributed by atoms with Gasteiger partial charge in [-0.2, -0.15) is 30.4 Å². The summed E-state index contributed by atoms with van der Waals surface area (Å²) >= 11 is 0. The van der Waals surface area contributed by atoms with Gasteiger partial charge in [0.15, 0.2) is 0 Å². The van der Waals surface area contributed by atoms with Gasteiger partial charge in [-0.15, -0.1) is 0 Å². The molecule has 2 aliphatic heterocycles. The Morgan fingerprint density at radius 2 is 1.39 bits per heavy atom. The van der Waals surface area contributed by atoms with Crippen LogP contribution in [0.3, 0.4) is 0 Å². The van der Waals surface area contributed by atoms with Crippen LogP contribution in [0.5, 0.6) is 0 Å². The van der Waals surface area contributed by atoms with Crippen molar-refractivity contribution in [2.45, 2.75) is 81.1 Å². The second kappa shape index (κ2) is 8.48. The van der Waals surface area contributed by atoms with E-state index in [0.717, 1.165) is 38.5 Å². The van der Waals surface area contributed by atoms with Crippen LogP contribution in [0.15, 0.2) is 0 Å². The van der Waals surface area contributed by atoms with Crippen molar-refractivity contribution in [1.82, 2.24) is 0 Å². The lowest BCUT2D eigenvalue weighted by atomic mass is 9.50. The molecule has 4 saturated carbocycles. The van der Waals surface area contributed by atoms with E-state index in [2.05, 4.69) is 4.74 Å². The molecule has 6 bridgehead atoms. The molecule has 14 heteroatoms. The second-order valence-electron chi connectivity index (χ2n) is 11.3. The minimum atomic E-state index is -6.58. The van der Waals surface area contributed by atoms with E-state index in [1.54, 1.807) is 0 Å². The van der Waals surface area contributed by atoms with Gasteiger partial charge in [-0.1, -0.05) is 0 Å². The van der Waals surface area contributed by atoms with E-state index in [1.807, 2.05) is 0 Å². The maximum atomic E-state index is 13.9. The first-order valence-electron chi connectivity index (χ1n) is 12.0. The largest absolute Gasteiger partial charge is 0.465 e. The smallest absolute Gasteiger partial charge is 0.432 e. The number of hydrogen-bond donors (Lipinski definition) is 1. The first-order valence-corrected chi connectivity index (χ1v) is 13.5. The Morgan fingerprint density at radius 3 is 1.83 bits per heavy atom. The number of fused-ring (bicyclic) bond motifs is 2. The fraction of sp³-hybridized carbons (Fsp3) is 0.909. The van der Waals surface area contributed by atoms with E-state index in [9.17, 15) is 40.0 Å². The molecule has 5 unspecified atom stereocenters. The van der Waals surface area contributed by atoms with Crippen molar-refractivity contribution in [3.05, 3.63) is 0 Å². The standard InChI is InChI=1S/C22H27F5O8S/c23-21(24,25)19(22(26,27)36(30,31)32)35-18(29)16-14-2-1-13(34-14)15(16)17(28)33-9-20-6-10-3-11(7-20)5-12(4-10)8-20/h10-16,19H,1-9H2,(H,30,31,32). The Kier molecular flexibility index (Phi) is 6.15. The number of halogens is 5. The van der Waals surface area contributed by atoms with E-state index in [4.69, 9.17) is 14.0 Å². The molecule has 2 saturated heterocycles. The lowest BCUT2D eigenvalue weighted by Crippen LogP contribution is -2.54. The number of carbonyl (C=O) groups is 2. The van der Waals surface area contributed by atoms with Crippen molar-refractivity contribution in [3.63, 3.8) is 0 Å². The molecule has 6 rings (SSSR count). The van der Waals surface area contributed by atoms with Crippen molar-refractivity contribution >= 4 is 22.1 Å². The van der Waals surface area contributed by atoms with Crippen LogP contribution in [0.1, 0.15) is 51.4 Å². The predicted octanol–water partition coefficient (Wildman–Crippen LogP) is 3.49. The summed E-state index contributed by atoms with van der Waals surface area (Å²) in [6, 6.07) is 0. The molecule has 2 heterocycles. The molecule has 6 aliphatic rings. The van der Waals surface area contributed by atoms with Gasteiger partial charge >= 0.3 is 33.5 Å². The highest BCUT2D eigenvalue weighted by atomic mass is 32.2. The van der Waals surface area contributed by atoms with Gasteiger partial charge in [0.05, 0.1) is 30.7 Å². The van der Waals surface area contributed by atoms with E-state index >= 15 is 0 Å². The lowest BCUT2D eigenvalue weighted by molar-refractivity contribution is -0.261. The zero-order chi connectivity index (χ0) is 26.3. The van der Waals surface area contributed by atoms with Gasteiger partial charge < -0.3 is 14.2 Å². The molecular weight excluding hydrogens is 519 g/mol. The van der Waals surface area contributed by atoms with E-state index in [-0.39, 0.29) is 18.4 Å². The summed E-state index contributed by atoms with van der Waals surface area (Å²) in [7, 11) is -6.58. The molecule has 1 N–H and O–H groups in total. The number of ether oxygens (including phenoxy) is 3. The summed E-state index contributed by atoms with van der Waals surface area (Å²) in [6.45, 7) is 0.108. The Bertz CT molecular complexity index is 993. The third-order valence-corrected chi connectivity index (χ3v) is 9.59. The zero-order valence-corrected chi connectivity index (χ0v) is 19.9. The Labute approximate surface area is 203 Å². The molecule has 6 fully saturated rings. The van der Waals surface area contributed by atoms with Gasteiger partial charge in [-0.3, -0.25) is 14.1 Å². The highest BCUT2D eigenvalue weighted by Gasteiger charge is 2.67. The van der Waals surface area contributed by atoms with Crippen molar-refractivity contribution in [1.29, 1.82) is 0 Å². The molecule has 204 valence electrons. The molecule has 5 atom stereocenters. The maximum Gasteiger partial charge on any atom is 0.432 e. The van der Waals surface area contributed by atoms with Crippen LogP contribution in [0.4, 0.5) is 22.0 Å². The van der Waals surface area contributed by atoms with Crippen LogP contribution in [-0.2, 0) is 33.9 Å². The minimum absolute atomic E-state index is 0.108. The number of carbonyl (C=O) groups excluding carboxylic acids is 2. The lowest BCUT2D eigenvalue weighted by Gasteiger charge is -2.56. The predicted molar refractivity (Wildman–Crippen MR) is 109 cm³/mol. The van der Waals surface area contributed by atoms with Crippen LogP contribution >= 0.6 is 0 Å². The van der Waals surface area contributed by atoms with Crippen molar-refractivity contribution < 1.29 is 58.7 Å².